The summed E-state index contributed by atoms with van der Waals surface area (Å²) in [6.45, 7) is 3.33. The highest BCUT2D eigenvalue weighted by atomic mass is 16.5. The molecule has 0 spiro atoms. The molecule has 0 aliphatic carbocycles. The zero-order chi connectivity index (χ0) is 11.9. The van der Waals surface area contributed by atoms with Gasteiger partial charge in [0.15, 0.2) is 0 Å². The highest BCUT2D eigenvalue weighted by Gasteiger charge is 2.33. The lowest BCUT2D eigenvalue weighted by atomic mass is 9.91. The van der Waals surface area contributed by atoms with Gasteiger partial charge in [0.05, 0.1) is 37.0 Å². The summed E-state index contributed by atoms with van der Waals surface area (Å²) in [7, 11) is 0. The zero-order valence-electron chi connectivity index (χ0n) is 9.63. The summed E-state index contributed by atoms with van der Waals surface area (Å²) in [5.74, 6) is 0.278. The van der Waals surface area contributed by atoms with Crippen LogP contribution in [0.1, 0.15) is 18.2 Å². The average molecular weight is 230 g/mol. The van der Waals surface area contributed by atoms with Gasteiger partial charge in [-0.2, -0.15) is 0 Å². The van der Waals surface area contributed by atoms with E-state index in [9.17, 15) is 5.11 Å². The Morgan fingerprint density at radius 2 is 2.12 bits per heavy atom. The molecule has 4 heteroatoms. The van der Waals surface area contributed by atoms with Gasteiger partial charge in [-0.25, -0.2) is 4.98 Å². The Morgan fingerprint density at radius 3 is 2.88 bits per heavy atom. The number of hydrogen-bond donors (Lipinski definition) is 1. The van der Waals surface area contributed by atoms with E-state index in [-0.39, 0.29) is 11.3 Å². The Morgan fingerprint density at radius 1 is 1.35 bits per heavy atom. The number of rotatable bonds is 1. The van der Waals surface area contributed by atoms with Crippen molar-refractivity contribution in [2.24, 2.45) is 0 Å². The molecule has 1 atom stereocenters. The Labute approximate surface area is 99.5 Å². The largest absolute Gasteiger partial charge is 0.508 e. The molecule has 0 bridgehead atoms. The highest BCUT2D eigenvalue weighted by Crippen LogP contribution is 2.32. The molecule has 0 amide bonds. The minimum atomic E-state index is -0.252. The second kappa shape index (κ2) is 3.60. The van der Waals surface area contributed by atoms with E-state index in [1.807, 2.05) is 24.7 Å². The molecule has 0 saturated carbocycles. The first-order valence-electron chi connectivity index (χ1n) is 5.59. The molecule has 3 rings (SSSR count). The number of phenolic OH excluding ortho intramolecular Hbond substituents is 1. The van der Waals surface area contributed by atoms with Gasteiger partial charge in [0.1, 0.15) is 5.75 Å². The molecular weight excluding hydrogens is 216 g/mol. The number of phenols is 1. The van der Waals surface area contributed by atoms with E-state index in [2.05, 4.69) is 16.5 Å². The molecule has 1 aromatic carbocycles. The Hall–Kier alpha value is -1.81. The molecule has 17 heavy (non-hydrogen) atoms. The number of ether oxygens (including phenoxy) is 1. The fourth-order valence-corrected chi connectivity index (χ4v) is 2.34. The minimum Gasteiger partial charge on any atom is -0.508 e. The Balaban J connectivity index is 2.11. The molecule has 2 aromatic rings. The zero-order valence-corrected chi connectivity index (χ0v) is 9.63. The Kier molecular flexibility index (Phi) is 2.19. The number of nitrogens with zero attached hydrogens (tertiary/aromatic N) is 2. The summed E-state index contributed by atoms with van der Waals surface area (Å²) in [5.41, 5.74) is 1.93. The molecule has 1 N–H and O–H groups in total. The van der Waals surface area contributed by atoms with Crippen LogP contribution in [0.4, 0.5) is 0 Å². The van der Waals surface area contributed by atoms with Gasteiger partial charge < -0.3 is 14.4 Å². The van der Waals surface area contributed by atoms with Crippen molar-refractivity contribution in [1.82, 2.24) is 9.55 Å². The number of aromatic hydroxyl groups is 1. The number of fused-ring (bicyclic) bond motifs is 1. The van der Waals surface area contributed by atoms with E-state index >= 15 is 0 Å². The number of aromatic nitrogens is 2. The van der Waals surface area contributed by atoms with Crippen molar-refractivity contribution in [3.8, 4) is 5.75 Å². The third-order valence-corrected chi connectivity index (χ3v) is 3.37. The summed E-state index contributed by atoms with van der Waals surface area (Å²) in [6.07, 6.45) is 3.67. The summed E-state index contributed by atoms with van der Waals surface area (Å²) in [6, 6.07) is 7.25. The summed E-state index contributed by atoms with van der Waals surface area (Å²) < 4.78 is 7.77. The van der Waals surface area contributed by atoms with E-state index in [1.165, 1.54) is 0 Å². The minimum absolute atomic E-state index is 0.252. The highest BCUT2D eigenvalue weighted by molar-refractivity contribution is 5.32. The number of hydrogen-bond acceptors (Lipinski definition) is 3. The second-order valence-corrected chi connectivity index (χ2v) is 4.57. The van der Waals surface area contributed by atoms with Gasteiger partial charge >= 0.3 is 0 Å². The maximum atomic E-state index is 9.34. The third kappa shape index (κ3) is 1.52. The van der Waals surface area contributed by atoms with Gasteiger partial charge in [0.2, 0.25) is 0 Å². The molecule has 1 aliphatic heterocycles. The standard InChI is InChI=1S/C13H14N2O2/c1-13(10-2-4-12(16)5-3-10)8-17-7-11-6-14-9-15(11)13/h2-6,9,16H,7-8H2,1H3. The monoisotopic (exact) mass is 230 g/mol. The van der Waals surface area contributed by atoms with E-state index in [0.29, 0.717) is 13.2 Å². The first-order chi connectivity index (χ1) is 8.20. The average Bonchev–Trinajstić information content (AvgIpc) is 2.80. The molecule has 4 nitrogen and oxygen atoms in total. The number of benzene rings is 1. The molecule has 88 valence electrons. The van der Waals surface area contributed by atoms with Crippen molar-refractivity contribution in [3.05, 3.63) is 48.0 Å². The quantitative estimate of drug-likeness (QED) is 0.813. The lowest BCUT2D eigenvalue weighted by Crippen LogP contribution is -2.40. The SMILES string of the molecule is CC1(c2ccc(O)cc2)COCc2cncn21. The summed E-state index contributed by atoms with van der Waals surface area (Å²) in [4.78, 5) is 4.18. The van der Waals surface area contributed by atoms with Crippen LogP contribution in [-0.4, -0.2) is 21.3 Å². The van der Waals surface area contributed by atoms with Crippen molar-refractivity contribution >= 4 is 0 Å². The third-order valence-electron chi connectivity index (χ3n) is 3.37. The molecule has 1 aromatic heterocycles. The predicted octanol–water partition coefficient (Wildman–Crippen LogP) is 1.88. The van der Waals surface area contributed by atoms with Crippen LogP contribution in [0.15, 0.2) is 36.8 Å². The first-order valence-corrected chi connectivity index (χ1v) is 5.59. The van der Waals surface area contributed by atoms with E-state index < -0.39 is 0 Å². The first kappa shape index (κ1) is 10.4. The number of imidazole rings is 1. The second-order valence-electron chi connectivity index (χ2n) is 4.57. The van der Waals surface area contributed by atoms with Crippen molar-refractivity contribution < 1.29 is 9.84 Å². The van der Waals surface area contributed by atoms with Crippen molar-refractivity contribution in [2.45, 2.75) is 19.1 Å². The van der Waals surface area contributed by atoms with E-state index in [4.69, 9.17) is 4.74 Å². The fourth-order valence-electron chi connectivity index (χ4n) is 2.34. The lowest BCUT2D eigenvalue weighted by molar-refractivity contribution is 0.0306. The van der Waals surface area contributed by atoms with Gasteiger partial charge in [0.25, 0.3) is 0 Å². The van der Waals surface area contributed by atoms with Crippen molar-refractivity contribution in [1.29, 1.82) is 0 Å². The maximum Gasteiger partial charge on any atom is 0.115 e. The fraction of sp³-hybridized carbons (Fsp3) is 0.308. The van der Waals surface area contributed by atoms with Crippen LogP contribution in [0, 0.1) is 0 Å². The lowest BCUT2D eigenvalue weighted by Gasteiger charge is -2.36. The van der Waals surface area contributed by atoms with Crippen molar-refractivity contribution in [3.63, 3.8) is 0 Å². The molecule has 0 fully saturated rings. The topological polar surface area (TPSA) is 47.3 Å². The van der Waals surface area contributed by atoms with Crippen LogP contribution in [0.25, 0.3) is 0 Å². The summed E-state index contributed by atoms with van der Waals surface area (Å²) in [5, 5.41) is 9.34. The molecule has 0 saturated heterocycles. The van der Waals surface area contributed by atoms with Crippen LogP contribution in [-0.2, 0) is 16.9 Å². The maximum absolute atomic E-state index is 9.34. The van der Waals surface area contributed by atoms with Crippen LogP contribution >= 0.6 is 0 Å². The van der Waals surface area contributed by atoms with Gasteiger partial charge in [-0.05, 0) is 24.6 Å². The van der Waals surface area contributed by atoms with Crippen molar-refractivity contribution in [2.75, 3.05) is 6.61 Å². The normalized spacial score (nSPS) is 23.4. The van der Waals surface area contributed by atoms with E-state index in [0.717, 1.165) is 11.3 Å². The smallest absolute Gasteiger partial charge is 0.115 e. The molecule has 0 radical (unpaired) electrons. The van der Waals surface area contributed by atoms with Gasteiger partial charge in [-0.1, -0.05) is 12.1 Å². The predicted molar refractivity (Wildman–Crippen MR) is 62.7 cm³/mol. The van der Waals surface area contributed by atoms with Gasteiger partial charge in [-0.15, -0.1) is 0 Å². The van der Waals surface area contributed by atoms with Crippen LogP contribution in [0.5, 0.6) is 5.75 Å². The van der Waals surface area contributed by atoms with Gasteiger partial charge in [-0.3, -0.25) is 0 Å². The van der Waals surface area contributed by atoms with Crippen LogP contribution in [0.2, 0.25) is 0 Å². The Bertz CT molecular complexity index is 533. The molecule has 1 aliphatic rings. The molecular formula is C13H14N2O2. The van der Waals surface area contributed by atoms with Crippen LogP contribution < -0.4 is 0 Å². The molecule has 2 heterocycles. The molecule has 1 unspecified atom stereocenters. The van der Waals surface area contributed by atoms with E-state index in [1.54, 1.807) is 12.1 Å². The summed E-state index contributed by atoms with van der Waals surface area (Å²) >= 11 is 0. The van der Waals surface area contributed by atoms with Gasteiger partial charge in [0, 0.05) is 0 Å². The van der Waals surface area contributed by atoms with Crippen LogP contribution in [0.3, 0.4) is 0 Å².